The number of phenols is 1. The Kier molecular flexibility index (Phi) is 4.99. The molecule has 3 N–H and O–H groups in total. The van der Waals surface area contributed by atoms with Gasteiger partial charge in [-0.25, -0.2) is 0 Å². The second-order valence-corrected chi connectivity index (χ2v) is 6.01. The highest BCUT2D eigenvalue weighted by molar-refractivity contribution is 6.42. The van der Waals surface area contributed by atoms with Crippen LogP contribution in [0.3, 0.4) is 0 Å². The number of carbonyl (C=O) groups is 1. The minimum absolute atomic E-state index is 0.00129. The van der Waals surface area contributed by atoms with Crippen LogP contribution in [0.4, 0.5) is 0 Å². The van der Waals surface area contributed by atoms with E-state index >= 15 is 0 Å². The van der Waals surface area contributed by atoms with E-state index in [0.717, 1.165) is 0 Å². The van der Waals surface area contributed by atoms with E-state index in [-0.39, 0.29) is 41.6 Å². The zero-order valence-electron chi connectivity index (χ0n) is 11.5. The number of aliphatic hydroxyl groups excluding tert-OH is 2. The van der Waals surface area contributed by atoms with Crippen LogP contribution in [0, 0.1) is 0 Å². The number of aromatic hydroxyl groups is 1. The van der Waals surface area contributed by atoms with Crippen LogP contribution < -0.4 is 0 Å². The van der Waals surface area contributed by atoms with Gasteiger partial charge >= 0.3 is 0 Å². The summed E-state index contributed by atoms with van der Waals surface area (Å²) in [7, 11) is 0. The Hall–Kier alpha value is -1.01. The van der Waals surface area contributed by atoms with Gasteiger partial charge in [0, 0.05) is 30.5 Å². The number of β-amino-alcohol motifs (C(OH)–C–C–N with tert-alkyl or cyclic N) is 1. The zero-order valence-corrected chi connectivity index (χ0v) is 13.0. The lowest BCUT2D eigenvalue weighted by Gasteiger charge is -2.27. The number of rotatable bonds is 4. The summed E-state index contributed by atoms with van der Waals surface area (Å²) >= 11 is 12.1. The number of hydrogen-bond donors (Lipinski definition) is 3. The minimum atomic E-state index is -0.987. The molecule has 2 rings (SSSR count). The molecule has 0 aromatic heterocycles. The van der Waals surface area contributed by atoms with Gasteiger partial charge in [-0.15, -0.1) is 0 Å². The Morgan fingerprint density at radius 2 is 2.10 bits per heavy atom. The van der Waals surface area contributed by atoms with E-state index in [4.69, 9.17) is 28.3 Å². The first-order chi connectivity index (χ1) is 9.86. The van der Waals surface area contributed by atoms with E-state index < -0.39 is 12.7 Å². The molecule has 1 heterocycles. The Morgan fingerprint density at radius 1 is 1.43 bits per heavy atom. The number of aliphatic hydroxyl groups is 2. The first-order valence-electron chi connectivity index (χ1n) is 6.62. The first-order valence-corrected chi connectivity index (χ1v) is 7.37. The molecule has 1 aliphatic rings. The van der Waals surface area contributed by atoms with Crippen molar-refractivity contribution in [3.8, 4) is 5.75 Å². The van der Waals surface area contributed by atoms with Crippen LogP contribution in [0.25, 0.3) is 0 Å². The summed E-state index contributed by atoms with van der Waals surface area (Å²) in [6, 6.07) is 2.68. The summed E-state index contributed by atoms with van der Waals surface area (Å²) in [5, 5.41) is 29.0. The molecule has 21 heavy (non-hydrogen) atoms. The molecule has 0 aliphatic carbocycles. The normalized spacial score (nSPS) is 23.7. The van der Waals surface area contributed by atoms with Gasteiger partial charge in [0.2, 0.25) is 5.91 Å². The average molecular weight is 334 g/mol. The molecule has 116 valence electrons. The Labute approximate surface area is 132 Å². The number of benzene rings is 1. The molecular weight excluding hydrogens is 317 g/mol. The third-order valence-corrected chi connectivity index (χ3v) is 4.71. The van der Waals surface area contributed by atoms with Crippen LogP contribution in [-0.2, 0) is 4.79 Å². The lowest BCUT2D eigenvalue weighted by atomic mass is 9.91. The fourth-order valence-electron chi connectivity index (χ4n) is 2.73. The van der Waals surface area contributed by atoms with Crippen LogP contribution in [0.1, 0.15) is 24.8 Å². The van der Waals surface area contributed by atoms with Crippen LogP contribution in [0.15, 0.2) is 12.1 Å². The standard InChI is InChI=1S/C14H17Cl2NO4/c1-7-9(4-12(21)17(7)5-8(19)6-18)13-11(20)3-2-10(15)14(13)16/h2-3,7-9,18-20H,4-6H2,1H3/t7-,8-,9?/m0/s1. The maximum Gasteiger partial charge on any atom is 0.223 e. The van der Waals surface area contributed by atoms with Crippen molar-refractivity contribution in [3.63, 3.8) is 0 Å². The van der Waals surface area contributed by atoms with E-state index in [2.05, 4.69) is 0 Å². The summed E-state index contributed by atoms with van der Waals surface area (Å²) < 4.78 is 0. The molecule has 5 nitrogen and oxygen atoms in total. The van der Waals surface area contributed by atoms with Gasteiger partial charge in [0.1, 0.15) is 5.75 Å². The van der Waals surface area contributed by atoms with E-state index in [0.29, 0.717) is 10.6 Å². The second-order valence-electron chi connectivity index (χ2n) is 5.23. The first kappa shape index (κ1) is 16.4. The van der Waals surface area contributed by atoms with E-state index in [9.17, 15) is 15.0 Å². The van der Waals surface area contributed by atoms with E-state index in [1.165, 1.54) is 17.0 Å². The van der Waals surface area contributed by atoms with Crippen molar-refractivity contribution in [2.24, 2.45) is 0 Å². The lowest BCUT2D eigenvalue weighted by Crippen LogP contribution is -2.40. The topological polar surface area (TPSA) is 81.0 Å². The van der Waals surface area contributed by atoms with Gasteiger partial charge in [0.05, 0.1) is 22.8 Å². The maximum atomic E-state index is 12.1. The Morgan fingerprint density at radius 3 is 2.71 bits per heavy atom. The van der Waals surface area contributed by atoms with Gasteiger partial charge < -0.3 is 20.2 Å². The van der Waals surface area contributed by atoms with E-state index in [1.807, 2.05) is 6.92 Å². The number of halogens is 2. The van der Waals surface area contributed by atoms with E-state index in [1.54, 1.807) is 0 Å². The van der Waals surface area contributed by atoms with Gasteiger partial charge in [-0.1, -0.05) is 23.2 Å². The van der Waals surface area contributed by atoms with Crippen molar-refractivity contribution in [1.29, 1.82) is 0 Å². The van der Waals surface area contributed by atoms with Gasteiger partial charge in [-0.05, 0) is 19.1 Å². The summed E-state index contributed by atoms with van der Waals surface area (Å²) in [4.78, 5) is 13.6. The number of phenolic OH excluding ortho intramolecular Hbond substituents is 1. The summed E-state index contributed by atoms with van der Waals surface area (Å²) in [5.74, 6) is -0.469. The molecule has 0 saturated carbocycles. The van der Waals surface area contributed by atoms with Crippen LogP contribution in [0.5, 0.6) is 5.75 Å². The molecule has 1 aromatic rings. The molecule has 1 unspecified atom stereocenters. The van der Waals surface area contributed by atoms with Crippen molar-refractivity contribution < 1.29 is 20.1 Å². The SMILES string of the molecule is C[C@H]1C(c2c(O)ccc(Cl)c2Cl)CC(=O)N1C[C@H](O)CO. The largest absolute Gasteiger partial charge is 0.508 e. The summed E-state index contributed by atoms with van der Waals surface area (Å²) in [6.07, 6.45) is -0.814. The molecule has 0 spiro atoms. The number of hydrogen-bond acceptors (Lipinski definition) is 4. The highest BCUT2D eigenvalue weighted by Crippen LogP contribution is 2.44. The molecular formula is C14H17Cl2NO4. The van der Waals surface area contributed by atoms with Crippen LogP contribution in [0.2, 0.25) is 10.0 Å². The molecule has 1 fully saturated rings. The number of amides is 1. The summed E-state index contributed by atoms with van der Waals surface area (Å²) in [5.41, 5.74) is 0.450. The highest BCUT2D eigenvalue weighted by atomic mass is 35.5. The Balaban J connectivity index is 2.31. The number of nitrogens with zero attached hydrogens (tertiary/aromatic N) is 1. The lowest BCUT2D eigenvalue weighted by molar-refractivity contribution is -0.130. The van der Waals surface area contributed by atoms with Crippen molar-refractivity contribution in [1.82, 2.24) is 4.90 Å². The molecule has 1 saturated heterocycles. The second kappa shape index (κ2) is 6.40. The van der Waals surface area contributed by atoms with Crippen molar-refractivity contribution in [3.05, 3.63) is 27.7 Å². The Bertz CT molecular complexity index is 552. The molecule has 7 heteroatoms. The summed E-state index contributed by atoms with van der Waals surface area (Å²) in [6.45, 7) is 1.45. The van der Waals surface area contributed by atoms with Crippen LogP contribution >= 0.6 is 23.2 Å². The van der Waals surface area contributed by atoms with Gasteiger partial charge in [0.25, 0.3) is 0 Å². The predicted octanol–water partition coefficient (Wildman–Crippen LogP) is 1.76. The monoisotopic (exact) mass is 333 g/mol. The fourth-order valence-corrected chi connectivity index (χ4v) is 3.19. The molecule has 0 bridgehead atoms. The molecule has 1 amide bonds. The van der Waals surface area contributed by atoms with Gasteiger partial charge in [-0.3, -0.25) is 4.79 Å². The quantitative estimate of drug-likeness (QED) is 0.784. The minimum Gasteiger partial charge on any atom is -0.508 e. The smallest absolute Gasteiger partial charge is 0.223 e. The average Bonchev–Trinajstić information content (AvgIpc) is 2.71. The maximum absolute atomic E-state index is 12.1. The third kappa shape index (κ3) is 3.11. The van der Waals surface area contributed by atoms with Crippen LogP contribution in [-0.4, -0.2) is 51.4 Å². The van der Waals surface area contributed by atoms with Crippen molar-refractivity contribution in [2.45, 2.75) is 31.4 Å². The molecule has 1 aromatic carbocycles. The highest BCUT2D eigenvalue weighted by Gasteiger charge is 2.40. The van der Waals surface area contributed by atoms with Crippen molar-refractivity contribution >= 4 is 29.1 Å². The van der Waals surface area contributed by atoms with Gasteiger partial charge in [-0.2, -0.15) is 0 Å². The van der Waals surface area contributed by atoms with Crippen molar-refractivity contribution in [2.75, 3.05) is 13.2 Å². The number of carbonyl (C=O) groups excluding carboxylic acids is 1. The molecule has 3 atom stereocenters. The molecule has 1 aliphatic heterocycles. The zero-order chi connectivity index (χ0) is 15.7. The predicted molar refractivity (Wildman–Crippen MR) is 79.8 cm³/mol. The fraction of sp³-hybridized carbons (Fsp3) is 0.500. The van der Waals surface area contributed by atoms with Gasteiger partial charge in [0.15, 0.2) is 0 Å². The number of likely N-dealkylation sites (tertiary alicyclic amines) is 1. The molecule has 0 radical (unpaired) electrons. The third-order valence-electron chi connectivity index (χ3n) is 3.89.